The number of imidazole rings is 2. The minimum Gasteiger partial charge on any atom is -0.337 e. The maximum absolute atomic E-state index is 6.39. The summed E-state index contributed by atoms with van der Waals surface area (Å²) in [7, 11) is 4.07. The molecular formula is C17H21ClN6. The van der Waals surface area contributed by atoms with Crippen LogP contribution in [0.25, 0.3) is 11.0 Å². The smallest absolute Gasteiger partial charge is 0.123 e. The van der Waals surface area contributed by atoms with E-state index < -0.39 is 0 Å². The SMILES string of the molecule is Cn1cncc1[C@@H]1CN(Cc2nc3cc(Cl)ccc3n2C)C[C@H]1N. The van der Waals surface area contributed by atoms with Crippen molar-refractivity contribution in [2.24, 2.45) is 19.8 Å². The number of hydrogen-bond acceptors (Lipinski definition) is 4. The van der Waals surface area contributed by atoms with Crippen LogP contribution < -0.4 is 5.73 Å². The molecule has 3 aromatic rings. The second-order valence-corrected chi connectivity index (χ2v) is 7.05. The van der Waals surface area contributed by atoms with Crippen LogP contribution in [0.1, 0.15) is 17.4 Å². The Labute approximate surface area is 145 Å². The molecule has 0 amide bonds. The molecule has 1 aromatic carbocycles. The van der Waals surface area contributed by atoms with E-state index in [1.165, 1.54) is 5.69 Å². The summed E-state index contributed by atoms with van der Waals surface area (Å²) in [4.78, 5) is 11.3. The van der Waals surface area contributed by atoms with E-state index in [0.717, 1.165) is 36.5 Å². The lowest BCUT2D eigenvalue weighted by molar-refractivity contribution is 0.311. The van der Waals surface area contributed by atoms with E-state index in [1.54, 1.807) is 0 Å². The van der Waals surface area contributed by atoms with Gasteiger partial charge in [-0.25, -0.2) is 9.97 Å². The molecule has 2 aromatic heterocycles. The number of aryl methyl sites for hydroxylation is 2. The van der Waals surface area contributed by atoms with Gasteiger partial charge in [0.25, 0.3) is 0 Å². The van der Waals surface area contributed by atoms with E-state index in [9.17, 15) is 0 Å². The van der Waals surface area contributed by atoms with Crippen LogP contribution in [0.4, 0.5) is 0 Å². The zero-order valence-corrected chi connectivity index (χ0v) is 14.6. The highest BCUT2D eigenvalue weighted by atomic mass is 35.5. The lowest BCUT2D eigenvalue weighted by atomic mass is 10.0. The Bertz CT molecular complexity index is 882. The Morgan fingerprint density at radius 2 is 2.12 bits per heavy atom. The van der Waals surface area contributed by atoms with Crippen molar-refractivity contribution in [3.8, 4) is 0 Å². The van der Waals surface area contributed by atoms with Crippen molar-refractivity contribution in [2.75, 3.05) is 13.1 Å². The molecule has 0 spiro atoms. The molecule has 0 bridgehead atoms. The van der Waals surface area contributed by atoms with Crippen LogP contribution in [0, 0.1) is 0 Å². The highest BCUT2D eigenvalue weighted by molar-refractivity contribution is 6.31. The average Bonchev–Trinajstić information content (AvgIpc) is 3.19. The van der Waals surface area contributed by atoms with Gasteiger partial charge in [-0.3, -0.25) is 4.90 Å². The van der Waals surface area contributed by atoms with Gasteiger partial charge in [-0.2, -0.15) is 0 Å². The third-order valence-corrected chi connectivity index (χ3v) is 5.21. The van der Waals surface area contributed by atoms with Crippen LogP contribution >= 0.6 is 11.6 Å². The Balaban J connectivity index is 1.56. The summed E-state index contributed by atoms with van der Waals surface area (Å²) in [6, 6.07) is 5.95. The molecule has 3 heterocycles. The Kier molecular flexibility index (Phi) is 3.83. The van der Waals surface area contributed by atoms with Crippen molar-refractivity contribution in [2.45, 2.75) is 18.5 Å². The number of rotatable bonds is 3. The fourth-order valence-corrected chi connectivity index (χ4v) is 3.81. The van der Waals surface area contributed by atoms with Crippen LogP contribution in [0.5, 0.6) is 0 Å². The zero-order chi connectivity index (χ0) is 16.8. The van der Waals surface area contributed by atoms with Gasteiger partial charge in [-0.15, -0.1) is 0 Å². The lowest BCUT2D eigenvalue weighted by Gasteiger charge is -2.16. The first kappa shape index (κ1) is 15.6. The van der Waals surface area contributed by atoms with Crippen molar-refractivity contribution in [3.63, 3.8) is 0 Å². The normalized spacial score (nSPS) is 21.8. The molecule has 0 radical (unpaired) electrons. The maximum Gasteiger partial charge on any atom is 0.123 e. The number of benzene rings is 1. The van der Waals surface area contributed by atoms with Crippen LogP contribution in [0.2, 0.25) is 5.02 Å². The largest absolute Gasteiger partial charge is 0.337 e. The van der Waals surface area contributed by atoms with Gasteiger partial charge in [0.2, 0.25) is 0 Å². The monoisotopic (exact) mass is 344 g/mol. The van der Waals surface area contributed by atoms with Gasteiger partial charge in [-0.05, 0) is 18.2 Å². The standard InChI is InChI=1S/C17H21ClN6/c1-22-10-20-6-16(22)12-7-24(8-13(12)19)9-17-21-14-5-11(18)3-4-15(14)23(17)2/h3-6,10,12-13H,7-9,19H2,1-2H3/t12-,13-/m1/s1. The predicted molar refractivity (Wildman–Crippen MR) is 94.9 cm³/mol. The molecule has 0 aliphatic carbocycles. The van der Waals surface area contributed by atoms with Crippen LogP contribution in [-0.2, 0) is 20.6 Å². The van der Waals surface area contributed by atoms with E-state index in [1.807, 2.05) is 44.8 Å². The number of nitrogens with zero attached hydrogens (tertiary/aromatic N) is 5. The fourth-order valence-electron chi connectivity index (χ4n) is 3.64. The van der Waals surface area contributed by atoms with E-state index in [4.69, 9.17) is 22.3 Å². The maximum atomic E-state index is 6.39. The molecule has 1 aliphatic rings. The van der Waals surface area contributed by atoms with Gasteiger partial charge in [0.15, 0.2) is 0 Å². The Morgan fingerprint density at radius 3 is 2.88 bits per heavy atom. The number of aromatic nitrogens is 4. The number of halogens is 1. The number of fused-ring (bicyclic) bond motifs is 1. The Morgan fingerprint density at radius 1 is 1.29 bits per heavy atom. The predicted octanol–water partition coefficient (Wildman–Crippen LogP) is 1.89. The minimum absolute atomic E-state index is 0.115. The molecule has 6 nitrogen and oxygen atoms in total. The van der Waals surface area contributed by atoms with E-state index in [2.05, 4.69) is 19.0 Å². The zero-order valence-electron chi connectivity index (χ0n) is 13.9. The van der Waals surface area contributed by atoms with E-state index >= 15 is 0 Å². The molecule has 1 saturated heterocycles. The molecule has 2 atom stereocenters. The van der Waals surface area contributed by atoms with E-state index in [-0.39, 0.29) is 6.04 Å². The van der Waals surface area contributed by atoms with Crippen molar-refractivity contribution in [1.82, 2.24) is 24.0 Å². The molecule has 0 saturated carbocycles. The topological polar surface area (TPSA) is 64.9 Å². The third kappa shape index (κ3) is 2.60. The minimum atomic E-state index is 0.115. The van der Waals surface area contributed by atoms with Gasteiger partial charge in [0.05, 0.1) is 23.9 Å². The fraction of sp³-hybridized carbons (Fsp3) is 0.412. The summed E-state index contributed by atoms with van der Waals surface area (Å²) in [6.45, 7) is 2.56. The first-order chi connectivity index (χ1) is 11.5. The van der Waals surface area contributed by atoms with Crippen LogP contribution in [-0.4, -0.2) is 43.1 Å². The summed E-state index contributed by atoms with van der Waals surface area (Å²) in [5.74, 6) is 1.34. The molecule has 2 N–H and O–H groups in total. The Hall–Kier alpha value is -1.89. The molecule has 1 fully saturated rings. The number of likely N-dealkylation sites (tertiary alicyclic amines) is 1. The van der Waals surface area contributed by atoms with Gasteiger partial charge >= 0.3 is 0 Å². The highest BCUT2D eigenvalue weighted by Crippen LogP contribution is 2.28. The van der Waals surface area contributed by atoms with Crippen molar-refractivity contribution >= 4 is 22.6 Å². The molecule has 1 aliphatic heterocycles. The molecule has 0 unspecified atom stereocenters. The molecule has 4 rings (SSSR count). The first-order valence-corrected chi connectivity index (χ1v) is 8.45. The van der Waals surface area contributed by atoms with Crippen molar-refractivity contribution in [1.29, 1.82) is 0 Å². The third-order valence-electron chi connectivity index (χ3n) is 4.98. The lowest BCUT2D eigenvalue weighted by Crippen LogP contribution is -2.29. The van der Waals surface area contributed by atoms with Crippen molar-refractivity contribution < 1.29 is 0 Å². The second-order valence-electron chi connectivity index (χ2n) is 6.61. The van der Waals surface area contributed by atoms with Crippen LogP contribution in [0.3, 0.4) is 0 Å². The van der Waals surface area contributed by atoms with E-state index in [0.29, 0.717) is 10.9 Å². The summed E-state index contributed by atoms with van der Waals surface area (Å²) in [5.41, 5.74) is 9.62. The summed E-state index contributed by atoms with van der Waals surface area (Å²) in [5, 5.41) is 0.714. The molecule has 7 heteroatoms. The van der Waals surface area contributed by atoms with Crippen molar-refractivity contribution in [3.05, 3.63) is 47.3 Å². The second kappa shape index (κ2) is 5.88. The average molecular weight is 345 g/mol. The van der Waals surface area contributed by atoms with Gasteiger partial charge in [0.1, 0.15) is 5.82 Å². The number of hydrogen-bond donors (Lipinski definition) is 1. The number of nitrogens with two attached hydrogens (primary N) is 1. The van der Waals surface area contributed by atoms with Gasteiger partial charge in [0, 0.05) is 56.1 Å². The van der Waals surface area contributed by atoms with Gasteiger partial charge < -0.3 is 14.9 Å². The quantitative estimate of drug-likeness (QED) is 0.788. The summed E-state index contributed by atoms with van der Waals surface area (Å²) in [6.07, 6.45) is 3.75. The molecular weight excluding hydrogens is 324 g/mol. The van der Waals surface area contributed by atoms with Gasteiger partial charge in [-0.1, -0.05) is 11.6 Å². The summed E-state index contributed by atoms with van der Waals surface area (Å²) >= 11 is 6.08. The summed E-state index contributed by atoms with van der Waals surface area (Å²) < 4.78 is 4.19. The first-order valence-electron chi connectivity index (χ1n) is 8.08. The molecule has 24 heavy (non-hydrogen) atoms. The van der Waals surface area contributed by atoms with Crippen LogP contribution in [0.15, 0.2) is 30.7 Å². The molecule has 126 valence electrons. The highest BCUT2D eigenvalue weighted by Gasteiger charge is 2.33.